The van der Waals surface area contributed by atoms with Gasteiger partial charge in [-0.3, -0.25) is 4.57 Å². The van der Waals surface area contributed by atoms with Crippen LogP contribution in [0.2, 0.25) is 0 Å². The number of hydrogen-bond donors (Lipinski definition) is 1. The van der Waals surface area contributed by atoms with Crippen LogP contribution in [0.1, 0.15) is 37.9 Å². The largest absolute Gasteiger partial charge is 0.369 e. The van der Waals surface area contributed by atoms with Gasteiger partial charge in [-0.25, -0.2) is 9.67 Å². The van der Waals surface area contributed by atoms with Gasteiger partial charge in [-0.05, 0) is 56.8 Å². The Labute approximate surface area is 118 Å². The minimum atomic E-state index is 0.604. The molecule has 4 atom stereocenters. The molecule has 2 N–H and O–H groups in total. The Morgan fingerprint density at radius 2 is 1.95 bits per heavy atom. The Hall–Kier alpha value is -1.52. The van der Waals surface area contributed by atoms with Crippen molar-refractivity contribution in [3.63, 3.8) is 0 Å². The molecule has 0 aromatic carbocycles. The lowest BCUT2D eigenvalue weighted by molar-refractivity contribution is 0.456. The molecule has 5 rings (SSSR count). The molecule has 3 aliphatic carbocycles. The Morgan fingerprint density at radius 1 is 1.25 bits per heavy atom. The van der Waals surface area contributed by atoms with Gasteiger partial charge < -0.3 is 5.73 Å². The van der Waals surface area contributed by atoms with E-state index in [-0.39, 0.29) is 0 Å². The molecular weight excluding hydrogens is 250 g/mol. The summed E-state index contributed by atoms with van der Waals surface area (Å²) >= 11 is 0. The van der Waals surface area contributed by atoms with Crippen LogP contribution < -0.4 is 5.73 Å². The first-order valence-corrected chi connectivity index (χ1v) is 7.91. The maximum Gasteiger partial charge on any atom is 0.202 e. The minimum Gasteiger partial charge on any atom is -0.369 e. The van der Waals surface area contributed by atoms with E-state index >= 15 is 0 Å². The molecule has 0 saturated heterocycles. The van der Waals surface area contributed by atoms with Gasteiger partial charge in [0, 0.05) is 12.6 Å². The molecule has 3 aliphatic rings. The van der Waals surface area contributed by atoms with Crippen LogP contribution in [0.3, 0.4) is 0 Å². The lowest BCUT2D eigenvalue weighted by Crippen LogP contribution is -2.11. The zero-order chi connectivity index (χ0) is 13.6. The maximum atomic E-state index is 6.26. The molecule has 20 heavy (non-hydrogen) atoms. The van der Waals surface area contributed by atoms with Gasteiger partial charge in [0.2, 0.25) is 5.95 Å². The van der Waals surface area contributed by atoms with Crippen LogP contribution >= 0.6 is 0 Å². The summed E-state index contributed by atoms with van der Waals surface area (Å²) in [6, 6.07) is 0.604. The molecule has 0 spiro atoms. The highest BCUT2D eigenvalue weighted by atomic mass is 15.4. The number of nitrogen functional groups attached to an aromatic ring is 1. The monoisotopic (exact) mass is 271 g/mol. The first-order chi connectivity index (χ1) is 9.70. The molecule has 0 radical (unpaired) electrons. The van der Waals surface area contributed by atoms with E-state index in [1.54, 1.807) is 0 Å². The molecule has 2 aromatic heterocycles. The van der Waals surface area contributed by atoms with E-state index in [2.05, 4.69) is 26.3 Å². The van der Waals surface area contributed by atoms with Crippen molar-refractivity contribution in [2.45, 2.75) is 45.7 Å². The molecule has 3 saturated carbocycles. The quantitative estimate of drug-likeness (QED) is 0.912. The van der Waals surface area contributed by atoms with Gasteiger partial charge >= 0.3 is 0 Å². The molecule has 4 unspecified atom stereocenters. The lowest BCUT2D eigenvalue weighted by atomic mass is 10.0. The fraction of sp³-hybridized carbons (Fsp3) is 0.733. The van der Waals surface area contributed by atoms with Gasteiger partial charge in [0.25, 0.3) is 0 Å². The van der Waals surface area contributed by atoms with Crippen LogP contribution in [-0.2, 0) is 6.54 Å². The number of aryl methyl sites for hydroxylation is 2. The number of nitrogens with zero attached hydrogens (tertiary/aromatic N) is 4. The van der Waals surface area contributed by atoms with Gasteiger partial charge in [-0.1, -0.05) is 0 Å². The van der Waals surface area contributed by atoms with Gasteiger partial charge in [0.1, 0.15) is 5.52 Å². The van der Waals surface area contributed by atoms with E-state index in [1.165, 1.54) is 19.3 Å². The highest BCUT2D eigenvalue weighted by molar-refractivity contribution is 5.78. The molecule has 5 heteroatoms. The van der Waals surface area contributed by atoms with E-state index < -0.39 is 0 Å². The summed E-state index contributed by atoms with van der Waals surface area (Å²) in [5, 5.41) is 4.61. The molecule has 0 amide bonds. The number of fused-ring (bicyclic) bond motifs is 6. The fourth-order valence-electron chi connectivity index (χ4n) is 5.34. The highest BCUT2D eigenvalue weighted by Crippen LogP contribution is 2.72. The predicted octanol–water partition coefficient (Wildman–Crippen LogP) is 2.36. The normalized spacial score (nSPS) is 37.8. The van der Waals surface area contributed by atoms with Gasteiger partial charge in [-0.2, -0.15) is 5.10 Å². The number of hydrogen-bond acceptors (Lipinski definition) is 3. The number of aromatic nitrogens is 4. The summed E-state index contributed by atoms with van der Waals surface area (Å²) in [6.07, 6.45) is 4.34. The van der Waals surface area contributed by atoms with Gasteiger partial charge in [0.05, 0.1) is 5.69 Å². The summed E-state index contributed by atoms with van der Waals surface area (Å²) in [5.41, 5.74) is 9.41. The molecule has 5 nitrogen and oxygen atoms in total. The molecular formula is C15H21N5. The van der Waals surface area contributed by atoms with E-state index in [0.29, 0.717) is 12.0 Å². The number of anilines is 1. The third kappa shape index (κ3) is 1.12. The van der Waals surface area contributed by atoms with Crippen molar-refractivity contribution < 1.29 is 0 Å². The Balaban J connectivity index is 1.68. The van der Waals surface area contributed by atoms with E-state index in [4.69, 9.17) is 5.73 Å². The topological polar surface area (TPSA) is 61.7 Å². The van der Waals surface area contributed by atoms with E-state index in [1.807, 2.05) is 6.92 Å². The van der Waals surface area contributed by atoms with Crippen LogP contribution in [0.25, 0.3) is 11.2 Å². The minimum absolute atomic E-state index is 0.604. The Morgan fingerprint density at radius 3 is 2.60 bits per heavy atom. The molecule has 2 aromatic rings. The Kier molecular flexibility index (Phi) is 1.89. The second-order valence-corrected chi connectivity index (χ2v) is 6.89. The van der Waals surface area contributed by atoms with E-state index in [9.17, 15) is 0 Å². The molecule has 106 valence electrons. The van der Waals surface area contributed by atoms with Gasteiger partial charge in [0.15, 0.2) is 5.65 Å². The van der Waals surface area contributed by atoms with E-state index in [0.717, 1.165) is 47.1 Å². The van der Waals surface area contributed by atoms with Crippen LogP contribution in [0.5, 0.6) is 0 Å². The molecule has 2 heterocycles. The van der Waals surface area contributed by atoms with Crippen LogP contribution in [-0.4, -0.2) is 19.3 Å². The van der Waals surface area contributed by atoms with Crippen molar-refractivity contribution in [2.24, 2.45) is 23.7 Å². The zero-order valence-electron chi connectivity index (χ0n) is 12.1. The Bertz CT molecular complexity index is 695. The summed E-state index contributed by atoms with van der Waals surface area (Å²) in [5.74, 6) is 4.33. The first kappa shape index (κ1) is 11.2. The van der Waals surface area contributed by atoms with Crippen molar-refractivity contribution in [3.8, 4) is 0 Å². The van der Waals surface area contributed by atoms with Crippen molar-refractivity contribution in [1.29, 1.82) is 0 Å². The van der Waals surface area contributed by atoms with Crippen molar-refractivity contribution in [1.82, 2.24) is 19.3 Å². The fourth-order valence-corrected chi connectivity index (χ4v) is 5.34. The van der Waals surface area contributed by atoms with Gasteiger partial charge in [-0.15, -0.1) is 0 Å². The second kappa shape index (κ2) is 3.38. The summed E-state index contributed by atoms with van der Waals surface area (Å²) < 4.78 is 4.39. The molecule has 3 fully saturated rings. The third-order valence-electron chi connectivity index (χ3n) is 6.06. The molecule has 2 bridgehead atoms. The highest BCUT2D eigenvalue weighted by Gasteiger charge is 2.66. The average molecular weight is 271 g/mol. The predicted molar refractivity (Wildman–Crippen MR) is 77.2 cm³/mol. The van der Waals surface area contributed by atoms with Crippen LogP contribution in [0, 0.1) is 30.6 Å². The van der Waals surface area contributed by atoms with Crippen molar-refractivity contribution >= 4 is 17.1 Å². The standard InChI is InChI=1S/C15H21N5/c1-3-19-14-12(7(2)18-19)17-15(16)20(14)13-10-8-4-5-9(6-8)11(10)13/h8-11,13H,3-6H2,1-2H3,(H2,16,17). The number of imidazole rings is 1. The smallest absolute Gasteiger partial charge is 0.202 e. The summed E-state index contributed by atoms with van der Waals surface area (Å²) in [6.45, 7) is 5.05. The zero-order valence-corrected chi connectivity index (χ0v) is 12.1. The summed E-state index contributed by atoms with van der Waals surface area (Å²) in [7, 11) is 0. The molecule has 0 aliphatic heterocycles. The third-order valence-corrected chi connectivity index (χ3v) is 6.06. The number of nitrogens with two attached hydrogens (primary N) is 1. The maximum absolute atomic E-state index is 6.26. The summed E-state index contributed by atoms with van der Waals surface area (Å²) in [4.78, 5) is 4.60. The van der Waals surface area contributed by atoms with Crippen LogP contribution in [0.15, 0.2) is 0 Å². The first-order valence-electron chi connectivity index (χ1n) is 7.91. The van der Waals surface area contributed by atoms with Crippen LogP contribution in [0.4, 0.5) is 5.95 Å². The second-order valence-electron chi connectivity index (χ2n) is 6.89. The SMILES string of the molecule is CCn1nc(C)c2nc(N)n(C3C4C5CCC(C5)C43)c21. The average Bonchev–Trinajstić information content (AvgIpc) is 2.81. The number of rotatable bonds is 2. The lowest BCUT2D eigenvalue weighted by Gasteiger charge is -2.13. The van der Waals surface area contributed by atoms with Crippen molar-refractivity contribution in [2.75, 3.05) is 5.73 Å². The van der Waals surface area contributed by atoms with Crippen molar-refractivity contribution in [3.05, 3.63) is 5.69 Å².